The van der Waals surface area contributed by atoms with Crippen molar-refractivity contribution in [2.24, 2.45) is 0 Å². The average molecular weight is 308 g/mol. The van der Waals surface area contributed by atoms with Gasteiger partial charge in [0.15, 0.2) is 0 Å². The molecule has 0 spiro atoms. The van der Waals surface area contributed by atoms with Gasteiger partial charge in [-0.05, 0) is 35.6 Å². The Bertz CT molecular complexity index is 451. The van der Waals surface area contributed by atoms with E-state index in [-0.39, 0.29) is 5.91 Å². The lowest BCUT2D eigenvalue weighted by molar-refractivity contribution is 0.0736. The van der Waals surface area contributed by atoms with E-state index in [9.17, 15) is 4.79 Å². The van der Waals surface area contributed by atoms with Crippen LogP contribution in [0.4, 0.5) is 0 Å². The first-order valence-corrected chi connectivity index (χ1v) is 9.27. The van der Waals surface area contributed by atoms with Crippen LogP contribution >= 0.6 is 23.5 Å². The summed E-state index contributed by atoms with van der Waals surface area (Å²) in [5.41, 5.74) is 2.16. The molecule has 0 atom stereocenters. The van der Waals surface area contributed by atoms with Crippen molar-refractivity contribution in [3.8, 4) is 0 Å². The molecule has 5 heteroatoms. The Morgan fingerprint density at radius 3 is 2.40 bits per heavy atom. The highest BCUT2D eigenvalue weighted by Gasteiger charge is 2.20. The Kier molecular flexibility index (Phi) is 4.91. The molecular formula is C15H20N2OS2. The summed E-state index contributed by atoms with van der Waals surface area (Å²) < 4.78 is 0.548. The Morgan fingerprint density at radius 2 is 1.75 bits per heavy atom. The summed E-state index contributed by atoms with van der Waals surface area (Å²) in [4.78, 5) is 14.3. The van der Waals surface area contributed by atoms with Gasteiger partial charge in [-0.3, -0.25) is 4.79 Å². The van der Waals surface area contributed by atoms with E-state index in [0.29, 0.717) is 4.58 Å². The highest BCUT2D eigenvalue weighted by atomic mass is 32.2. The first kappa shape index (κ1) is 14.3. The summed E-state index contributed by atoms with van der Waals surface area (Å²) >= 11 is 4.04. The molecule has 2 aliphatic rings. The minimum absolute atomic E-state index is 0.169. The van der Waals surface area contributed by atoms with Crippen molar-refractivity contribution in [2.45, 2.75) is 11.0 Å². The smallest absolute Gasteiger partial charge is 0.253 e. The van der Waals surface area contributed by atoms with Crippen LogP contribution in [0.1, 0.15) is 26.9 Å². The molecule has 1 amide bonds. The molecule has 2 heterocycles. The van der Waals surface area contributed by atoms with Gasteiger partial charge < -0.3 is 10.2 Å². The summed E-state index contributed by atoms with van der Waals surface area (Å²) in [6, 6.07) is 8.25. The van der Waals surface area contributed by atoms with E-state index in [1.165, 1.54) is 23.5 Å². The van der Waals surface area contributed by atoms with Crippen LogP contribution in [0.3, 0.4) is 0 Å². The molecule has 3 nitrogen and oxygen atoms in total. The molecule has 1 aromatic carbocycles. The van der Waals surface area contributed by atoms with Gasteiger partial charge in [-0.2, -0.15) is 0 Å². The van der Waals surface area contributed by atoms with Gasteiger partial charge in [-0.15, -0.1) is 23.5 Å². The van der Waals surface area contributed by atoms with Crippen LogP contribution in [0.25, 0.3) is 0 Å². The number of nitrogens with one attached hydrogen (secondary N) is 1. The Labute approximate surface area is 128 Å². The zero-order chi connectivity index (χ0) is 13.8. The number of benzene rings is 1. The van der Waals surface area contributed by atoms with E-state index in [1.807, 2.05) is 40.6 Å². The third kappa shape index (κ3) is 3.32. The molecule has 20 heavy (non-hydrogen) atoms. The standard InChI is InChI=1S/C15H20N2OS2/c18-14(17-8-6-16-7-9-17)12-2-4-13(5-3-12)15-19-10-1-11-20-15/h2-5,15-16H,1,6-11H2. The third-order valence-corrected chi connectivity index (χ3v) is 6.68. The van der Waals surface area contributed by atoms with E-state index in [2.05, 4.69) is 17.4 Å². The van der Waals surface area contributed by atoms with Crippen molar-refractivity contribution in [1.29, 1.82) is 0 Å². The molecule has 0 radical (unpaired) electrons. The second-order valence-electron chi connectivity index (χ2n) is 5.09. The number of hydrogen-bond acceptors (Lipinski definition) is 4. The average Bonchev–Trinajstić information content (AvgIpc) is 2.56. The maximum atomic E-state index is 12.4. The number of amides is 1. The van der Waals surface area contributed by atoms with E-state index in [1.54, 1.807) is 0 Å². The zero-order valence-corrected chi connectivity index (χ0v) is 13.1. The monoisotopic (exact) mass is 308 g/mol. The predicted molar refractivity (Wildman–Crippen MR) is 87.5 cm³/mol. The lowest BCUT2D eigenvalue weighted by Crippen LogP contribution is -2.46. The van der Waals surface area contributed by atoms with Crippen molar-refractivity contribution in [3.05, 3.63) is 35.4 Å². The minimum atomic E-state index is 0.169. The molecular weight excluding hydrogens is 288 g/mol. The molecule has 0 aromatic heterocycles. The molecule has 0 aliphatic carbocycles. The van der Waals surface area contributed by atoms with Gasteiger partial charge in [-0.25, -0.2) is 0 Å². The number of nitrogens with zero attached hydrogens (tertiary/aromatic N) is 1. The second-order valence-corrected chi connectivity index (χ2v) is 7.82. The van der Waals surface area contributed by atoms with Crippen LogP contribution in [0.5, 0.6) is 0 Å². The number of hydrogen-bond donors (Lipinski definition) is 1. The van der Waals surface area contributed by atoms with Crippen molar-refractivity contribution in [3.63, 3.8) is 0 Å². The van der Waals surface area contributed by atoms with Crippen LogP contribution < -0.4 is 5.32 Å². The first-order valence-electron chi connectivity index (χ1n) is 7.18. The molecule has 0 bridgehead atoms. The van der Waals surface area contributed by atoms with Gasteiger partial charge in [0.2, 0.25) is 0 Å². The normalized spacial score (nSPS) is 20.9. The SMILES string of the molecule is O=C(c1ccc(C2SCCCS2)cc1)N1CCNCC1. The van der Waals surface area contributed by atoms with Gasteiger partial charge in [0.05, 0.1) is 4.58 Å². The number of carbonyl (C=O) groups is 1. The van der Waals surface area contributed by atoms with E-state index >= 15 is 0 Å². The summed E-state index contributed by atoms with van der Waals surface area (Å²) in [5.74, 6) is 2.67. The number of carbonyl (C=O) groups excluding carboxylic acids is 1. The summed E-state index contributed by atoms with van der Waals surface area (Å²) in [5, 5.41) is 3.27. The number of piperazine rings is 1. The molecule has 108 valence electrons. The van der Waals surface area contributed by atoms with Gasteiger partial charge in [0, 0.05) is 31.7 Å². The van der Waals surface area contributed by atoms with Gasteiger partial charge >= 0.3 is 0 Å². The molecule has 2 fully saturated rings. The number of thioether (sulfide) groups is 2. The summed E-state index contributed by atoms with van der Waals surface area (Å²) in [6.45, 7) is 3.43. The van der Waals surface area contributed by atoms with Gasteiger partial charge in [0.1, 0.15) is 0 Å². The summed E-state index contributed by atoms with van der Waals surface area (Å²) in [6.07, 6.45) is 1.31. The maximum Gasteiger partial charge on any atom is 0.253 e. The molecule has 0 unspecified atom stereocenters. The zero-order valence-electron chi connectivity index (χ0n) is 11.5. The fraction of sp³-hybridized carbons (Fsp3) is 0.533. The van der Waals surface area contributed by atoms with Crippen LogP contribution in [0.2, 0.25) is 0 Å². The van der Waals surface area contributed by atoms with E-state index < -0.39 is 0 Å². The molecule has 2 saturated heterocycles. The van der Waals surface area contributed by atoms with Crippen LogP contribution in [0.15, 0.2) is 24.3 Å². The van der Waals surface area contributed by atoms with Crippen molar-refractivity contribution in [1.82, 2.24) is 10.2 Å². The second kappa shape index (κ2) is 6.87. The third-order valence-electron chi connectivity index (χ3n) is 3.66. The molecule has 0 saturated carbocycles. The van der Waals surface area contributed by atoms with Crippen LogP contribution in [0, 0.1) is 0 Å². The topological polar surface area (TPSA) is 32.3 Å². The van der Waals surface area contributed by atoms with Crippen LogP contribution in [-0.2, 0) is 0 Å². The largest absolute Gasteiger partial charge is 0.336 e. The van der Waals surface area contributed by atoms with Gasteiger partial charge in [-0.1, -0.05) is 12.1 Å². The van der Waals surface area contributed by atoms with Gasteiger partial charge in [0.25, 0.3) is 5.91 Å². The molecule has 1 N–H and O–H groups in total. The predicted octanol–water partition coefficient (Wildman–Crippen LogP) is 2.60. The Hall–Kier alpha value is -0.650. The molecule has 1 aromatic rings. The van der Waals surface area contributed by atoms with Crippen LogP contribution in [-0.4, -0.2) is 48.5 Å². The summed E-state index contributed by atoms with van der Waals surface area (Å²) in [7, 11) is 0. The highest BCUT2D eigenvalue weighted by molar-refractivity contribution is 8.16. The van der Waals surface area contributed by atoms with E-state index in [4.69, 9.17) is 0 Å². The van der Waals surface area contributed by atoms with Crippen molar-refractivity contribution in [2.75, 3.05) is 37.7 Å². The van der Waals surface area contributed by atoms with Crippen molar-refractivity contribution >= 4 is 29.4 Å². The molecule has 3 rings (SSSR count). The van der Waals surface area contributed by atoms with Crippen molar-refractivity contribution < 1.29 is 4.79 Å². The lowest BCUT2D eigenvalue weighted by Gasteiger charge is -2.27. The highest BCUT2D eigenvalue weighted by Crippen LogP contribution is 2.43. The first-order chi connectivity index (χ1) is 9.84. The lowest BCUT2D eigenvalue weighted by atomic mass is 10.1. The minimum Gasteiger partial charge on any atom is -0.336 e. The fourth-order valence-corrected chi connectivity index (χ4v) is 5.41. The number of rotatable bonds is 2. The van der Waals surface area contributed by atoms with E-state index in [0.717, 1.165) is 31.7 Å². The Balaban J connectivity index is 1.67. The quantitative estimate of drug-likeness (QED) is 0.910. The Morgan fingerprint density at radius 1 is 1.10 bits per heavy atom. The maximum absolute atomic E-state index is 12.4. The molecule has 2 aliphatic heterocycles. The fourth-order valence-electron chi connectivity index (χ4n) is 2.51.